The van der Waals surface area contributed by atoms with Crippen molar-refractivity contribution in [3.05, 3.63) is 30.1 Å². The number of imidazole rings is 1. The van der Waals surface area contributed by atoms with E-state index in [1.807, 2.05) is 18.2 Å². The van der Waals surface area contributed by atoms with Crippen LogP contribution in [0.25, 0.3) is 11.0 Å². The largest absolute Gasteiger partial charge is 0.393 e. The normalized spacial score (nSPS) is 12.7. The first-order chi connectivity index (χ1) is 11.5. The molecule has 2 aromatic rings. The average Bonchev–Trinajstić information content (AvgIpc) is 2.88. The summed E-state index contributed by atoms with van der Waals surface area (Å²) >= 11 is 0. The third-order valence-corrected chi connectivity index (χ3v) is 4.12. The Morgan fingerprint density at radius 3 is 2.71 bits per heavy atom. The summed E-state index contributed by atoms with van der Waals surface area (Å²) in [5.41, 5.74) is 2.17. The van der Waals surface area contributed by atoms with E-state index in [0.717, 1.165) is 29.8 Å². The van der Waals surface area contributed by atoms with Crippen LogP contribution in [0.2, 0.25) is 0 Å². The Hall–Kier alpha value is -1.88. The molecule has 0 spiro atoms. The topological polar surface area (TPSA) is 67.2 Å². The Morgan fingerprint density at radius 1 is 1.25 bits per heavy atom. The molecule has 1 aromatic heterocycles. The Kier molecular flexibility index (Phi) is 6.79. The molecular weight excluding hydrogens is 302 g/mol. The van der Waals surface area contributed by atoms with E-state index in [-0.39, 0.29) is 5.91 Å². The van der Waals surface area contributed by atoms with Gasteiger partial charge in [0.25, 0.3) is 0 Å². The molecule has 0 unspecified atom stereocenters. The van der Waals surface area contributed by atoms with Crippen molar-refractivity contribution in [3.8, 4) is 0 Å². The average molecular weight is 331 g/mol. The number of rotatable bonds is 9. The quantitative estimate of drug-likeness (QED) is 0.742. The molecule has 2 rings (SSSR count). The summed E-state index contributed by atoms with van der Waals surface area (Å²) in [5.74, 6) is 1.65. The number of aliphatic hydroxyl groups excluding tert-OH is 1. The van der Waals surface area contributed by atoms with Gasteiger partial charge in [0, 0.05) is 25.9 Å². The number of aliphatic hydroxyl groups is 1. The molecule has 0 radical (unpaired) electrons. The fourth-order valence-corrected chi connectivity index (χ4v) is 2.70. The predicted octanol–water partition coefficient (Wildman–Crippen LogP) is 2.90. The van der Waals surface area contributed by atoms with Crippen LogP contribution in [0.3, 0.4) is 0 Å². The molecule has 0 aliphatic heterocycles. The first-order valence-electron chi connectivity index (χ1n) is 8.86. The van der Waals surface area contributed by atoms with Gasteiger partial charge >= 0.3 is 0 Å². The molecule has 2 N–H and O–H groups in total. The van der Waals surface area contributed by atoms with Crippen LogP contribution in [-0.4, -0.2) is 33.2 Å². The SMILES string of the molecule is CC(C)CCn1c(CCNC(=O)CC[C@@H](C)O)nc2ccccc21. The minimum absolute atomic E-state index is 0.0132. The van der Waals surface area contributed by atoms with E-state index >= 15 is 0 Å². The number of amides is 1. The number of fused-ring (bicyclic) bond motifs is 1. The minimum Gasteiger partial charge on any atom is -0.393 e. The molecule has 0 aliphatic rings. The second kappa shape index (κ2) is 8.83. The molecule has 1 aromatic carbocycles. The van der Waals surface area contributed by atoms with Crippen molar-refractivity contribution in [2.45, 2.75) is 59.1 Å². The Labute approximate surface area is 144 Å². The van der Waals surface area contributed by atoms with Gasteiger partial charge in [-0.15, -0.1) is 0 Å². The lowest BCUT2D eigenvalue weighted by Crippen LogP contribution is -2.27. The number of hydrogen-bond acceptors (Lipinski definition) is 3. The number of aryl methyl sites for hydroxylation is 1. The molecule has 0 bridgehead atoms. The van der Waals surface area contributed by atoms with Crippen LogP contribution in [0.1, 0.15) is 45.9 Å². The van der Waals surface area contributed by atoms with Crippen LogP contribution in [0.4, 0.5) is 0 Å². The van der Waals surface area contributed by atoms with Gasteiger partial charge in [0.2, 0.25) is 5.91 Å². The molecule has 24 heavy (non-hydrogen) atoms. The molecule has 5 heteroatoms. The third kappa shape index (κ3) is 5.34. The van der Waals surface area contributed by atoms with Crippen molar-refractivity contribution in [3.63, 3.8) is 0 Å². The van der Waals surface area contributed by atoms with E-state index in [4.69, 9.17) is 4.98 Å². The lowest BCUT2D eigenvalue weighted by Gasteiger charge is -2.11. The molecule has 5 nitrogen and oxygen atoms in total. The molecule has 1 amide bonds. The Bertz CT molecular complexity index is 662. The van der Waals surface area contributed by atoms with Crippen LogP contribution >= 0.6 is 0 Å². The summed E-state index contributed by atoms with van der Waals surface area (Å²) < 4.78 is 2.28. The number of nitrogens with one attached hydrogen (secondary N) is 1. The molecule has 0 aliphatic carbocycles. The number of para-hydroxylation sites is 2. The summed E-state index contributed by atoms with van der Waals surface area (Å²) in [6.45, 7) is 7.67. The fourth-order valence-electron chi connectivity index (χ4n) is 2.70. The molecule has 1 atom stereocenters. The standard InChI is InChI=1S/C19H29N3O2/c1-14(2)11-13-22-17-7-5-4-6-16(17)21-18(22)10-12-20-19(24)9-8-15(3)23/h4-7,14-15,23H,8-13H2,1-3H3,(H,20,24)/t15-/m1/s1. The number of carbonyl (C=O) groups excluding carboxylic acids is 1. The van der Waals surface area contributed by atoms with E-state index in [0.29, 0.717) is 31.7 Å². The lowest BCUT2D eigenvalue weighted by atomic mass is 10.1. The van der Waals surface area contributed by atoms with Crippen molar-refractivity contribution in [2.24, 2.45) is 5.92 Å². The summed E-state index contributed by atoms with van der Waals surface area (Å²) in [4.78, 5) is 16.5. The minimum atomic E-state index is -0.434. The summed E-state index contributed by atoms with van der Waals surface area (Å²) in [7, 11) is 0. The van der Waals surface area contributed by atoms with Gasteiger partial charge in [0.1, 0.15) is 5.82 Å². The first-order valence-corrected chi connectivity index (χ1v) is 8.86. The van der Waals surface area contributed by atoms with Crippen LogP contribution in [0.5, 0.6) is 0 Å². The third-order valence-electron chi connectivity index (χ3n) is 4.12. The number of aromatic nitrogens is 2. The van der Waals surface area contributed by atoms with Crippen molar-refractivity contribution in [1.82, 2.24) is 14.9 Å². The monoisotopic (exact) mass is 331 g/mol. The van der Waals surface area contributed by atoms with Crippen molar-refractivity contribution in [1.29, 1.82) is 0 Å². The van der Waals surface area contributed by atoms with E-state index in [1.54, 1.807) is 6.92 Å². The Morgan fingerprint density at radius 2 is 2.00 bits per heavy atom. The van der Waals surface area contributed by atoms with Gasteiger partial charge in [0.15, 0.2) is 0 Å². The van der Waals surface area contributed by atoms with Gasteiger partial charge in [-0.25, -0.2) is 4.98 Å². The van der Waals surface area contributed by atoms with Crippen LogP contribution in [0, 0.1) is 5.92 Å². The van der Waals surface area contributed by atoms with E-state index in [2.05, 4.69) is 29.8 Å². The predicted molar refractivity (Wildman–Crippen MR) is 96.8 cm³/mol. The van der Waals surface area contributed by atoms with E-state index in [1.165, 1.54) is 0 Å². The second-order valence-electron chi connectivity index (χ2n) is 6.84. The maximum absolute atomic E-state index is 11.8. The summed E-state index contributed by atoms with van der Waals surface area (Å²) in [6.07, 6.45) is 2.25. The van der Waals surface area contributed by atoms with Crippen LogP contribution < -0.4 is 5.32 Å². The molecular formula is C19H29N3O2. The first kappa shape index (κ1) is 18.5. The number of nitrogens with zero attached hydrogens (tertiary/aromatic N) is 2. The van der Waals surface area contributed by atoms with Gasteiger partial charge in [-0.1, -0.05) is 26.0 Å². The lowest BCUT2D eigenvalue weighted by molar-refractivity contribution is -0.121. The zero-order chi connectivity index (χ0) is 17.5. The maximum Gasteiger partial charge on any atom is 0.220 e. The summed E-state index contributed by atoms with van der Waals surface area (Å²) in [6, 6.07) is 8.18. The molecule has 0 saturated carbocycles. The molecule has 0 saturated heterocycles. The highest BCUT2D eigenvalue weighted by atomic mass is 16.3. The highest BCUT2D eigenvalue weighted by molar-refractivity contribution is 5.76. The van der Waals surface area contributed by atoms with Gasteiger partial charge in [0.05, 0.1) is 17.1 Å². The number of carbonyl (C=O) groups is 1. The number of hydrogen-bond donors (Lipinski definition) is 2. The van der Waals surface area contributed by atoms with Gasteiger partial charge in [-0.3, -0.25) is 4.79 Å². The highest BCUT2D eigenvalue weighted by Crippen LogP contribution is 2.18. The Balaban J connectivity index is 1.99. The smallest absolute Gasteiger partial charge is 0.220 e. The van der Waals surface area contributed by atoms with Crippen LogP contribution in [-0.2, 0) is 17.8 Å². The molecule has 132 valence electrons. The van der Waals surface area contributed by atoms with Crippen LogP contribution in [0.15, 0.2) is 24.3 Å². The fraction of sp³-hybridized carbons (Fsp3) is 0.579. The number of benzene rings is 1. The molecule has 1 heterocycles. The zero-order valence-electron chi connectivity index (χ0n) is 15.0. The van der Waals surface area contributed by atoms with E-state index < -0.39 is 6.10 Å². The second-order valence-corrected chi connectivity index (χ2v) is 6.84. The van der Waals surface area contributed by atoms with Crippen molar-refractivity contribution < 1.29 is 9.90 Å². The maximum atomic E-state index is 11.8. The van der Waals surface area contributed by atoms with Crippen molar-refractivity contribution >= 4 is 16.9 Å². The molecule has 0 fully saturated rings. The van der Waals surface area contributed by atoms with Gasteiger partial charge in [-0.05, 0) is 37.8 Å². The van der Waals surface area contributed by atoms with E-state index in [9.17, 15) is 9.90 Å². The van der Waals surface area contributed by atoms with Gasteiger partial charge < -0.3 is 15.0 Å². The highest BCUT2D eigenvalue weighted by Gasteiger charge is 2.11. The van der Waals surface area contributed by atoms with Crippen molar-refractivity contribution in [2.75, 3.05) is 6.54 Å². The summed E-state index contributed by atoms with van der Waals surface area (Å²) in [5, 5.41) is 12.2. The van der Waals surface area contributed by atoms with Gasteiger partial charge in [-0.2, -0.15) is 0 Å². The zero-order valence-corrected chi connectivity index (χ0v) is 15.0.